The third-order valence-corrected chi connectivity index (χ3v) is 3.68. The third kappa shape index (κ3) is 3.45. The molecule has 106 valence electrons. The molecule has 1 aromatic heterocycles. The number of aromatic nitrogens is 1. The Morgan fingerprint density at radius 3 is 2.75 bits per heavy atom. The van der Waals surface area contributed by atoms with E-state index in [-0.39, 0.29) is 24.0 Å². The van der Waals surface area contributed by atoms with Crippen molar-refractivity contribution in [3.05, 3.63) is 35.9 Å². The van der Waals surface area contributed by atoms with Gasteiger partial charge >= 0.3 is 0 Å². The van der Waals surface area contributed by atoms with Crippen LogP contribution < -0.4 is 11.1 Å². The molecule has 0 aliphatic carbocycles. The lowest BCUT2D eigenvalue weighted by Crippen LogP contribution is -2.29. The Labute approximate surface area is 116 Å². The van der Waals surface area contributed by atoms with Crippen molar-refractivity contribution < 1.29 is 13.2 Å². The average Bonchev–Trinajstić information content (AvgIpc) is 2.36. The second kappa shape index (κ2) is 5.46. The van der Waals surface area contributed by atoms with Gasteiger partial charge in [-0.25, -0.2) is 13.4 Å². The lowest BCUT2D eigenvalue weighted by atomic mass is 10.1. The second-order valence-corrected chi connectivity index (χ2v) is 6.76. The molecule has 0 spiro atoms. The van der Waals surface area contributed by atoms with E-state index in [1.54, 1.807) is 24.3 Å². The third-order valence-electron chi connectivity index (χ3n) is 2.74. The number of nitrogens with one attached hydrogen (secondary N) is 1. The van der Waals surface area contributed by atoms with E-state index >= 15 is 0 Å². The molecule has 0 unspecified atom stereocenters. The van der Waals surface area contributed by atoms with Crippen molar-refractivity contribution in [3.8, 4) is 0 Å². The van der Waals surface area contributed by atoms with Crippen LogP contribution in [0.5, 0.6) is 0 Å². The van der Waals surface area contributed by atoms with Gasteiger partial charge in [0.2, 0.25) is 0 Å². The van der Waals surface area contributed by atoms with Crippen LogP contribution in [0, 0.1) is 0 Å². The Morgan fingerprint density at radius 2 is 2.05 bits per heavy atom. The van der Waals surface area contributed by atoms with E-state index in [0.717, 1.165) is 6.26 Å². The van der Waals surface area contributed by atoms with Crippen molar-refractivity contribution in [1.29, 1.82) is 0 Å². The van der Waals surface area contributed by atoms with Gasteiger partial charge in [0.25, 0.3) is 5.91 Å². The molecule has 0 aliphatic rings. The highest BCUT2D eigenvalue weighted by Gasteiger charge is 2.12. The quantitative estimate of drug-likeness (QED) is 0.859. The van der Waals surface area contributed by atoms with Crippen molar-refractivity contribution in [1.82, 2.24) is 10.3 Å². The van der Waals surface area contributed by atoms with Crippen LogP contribution in [0.15, 0.2) is 30.3 Å². The molecule has 0 bridgehead atoms. The van der Waals surface area contributed by atoms with E-state index in [2.05, 4.69) is 10.3 Å². The molecule has 2 aromatic rings. The molecule has 0 fully saturated rings. The first-order valence-electron chi connectivity index (χ1n) is 5.98. The molecule has 1 amide bonds. The molecule has 0 aliphatic heterocycles. The molecule has 7 heteroatoms. The molecule has 0 saturated heterocycles. The number of nitrogens with two attached hydrogens (primary N) is 1. The zero-order chi connectivity index (χ0) is 14.8. The number of benzene rings is 1. The molecule has 20 heavy (non-hydrogen) atoms. The fourth-order valence-corrected chi connectivity index (χ4v) is 2.30. The van der Waals surface area contributed by atoms with Crippen LogP contribution in [0.4, 0.5) is 5.82 Å². The van der Waals surface area contributed by atoms with Crippen LogP contribution in [0.3, 0.4) is 0 Å². The summed E-state index contributed by atoms with van der Waals surface area (Å²) in [5, 5.41) is 3.25. The fourth-order valence-electron chi connectivity index (χ4n) is 1.83. The molecular formula is C13H15N3O3S. The van der Waals surface area contributed by atoms with E-state index in [4.69, 9.17) is 5.73 Å². The first-order chi connectivity index (χ1) is 9.37. The average molecular weight is 293 g/mol. The number of rotatable bonds is 4. The maximum Gasteiger partial charge on any atom is 0.252 e. The highest BCUT2D eigenvalue weighted by molar-refractivity contribution is 7.90. The lowest BCUT2D eigenvalue weighted by molar-refractivity contribution is 0.0958. The lowest BCUT2D eigenvalue weighted by Gasteiger charge is -2.08. The van der Waals surface area contributed by atoms with Crippen molar-refractivity contribution in [2.75, 3.05) is 24.3 Å². The molecule has 0 atom stereocenters. The van der Waals surface area contributed by atoms with E-state index in [0.29, 0.717) is 16.5 Å². The number of hydrogen-bond acceptors (Lipinski definition) is 5. The second-order valence-electron chi connectivity index (χ2n) is 4.50. The summed E-state index contributed by atoms with van der Waals surface area (Å²) in [6, 6.07) is 8.62. The van der Waals surface area contributed by atoms with Crippen LogP contribution in [-0.4, -0.2) is 37.9 Å². The summed E-state index contributed by atoms with van der Waals surface area (Å²) in [4.78, 5) is 16.2. The van der Waals surface area contributed by atoms with Gasteiger partial charge in [-0.3, -0.25) is 4.79 Å². The highest BCUT2D eigenvalue weighted by Crippen LogP contribution is 2.19. The van der Waals surface area contributed by atoms with Gasteiger partial charge in [0.05, 0.1) is 16.8 Å². The van der Waals surface area contributed by atoms with Crippen molar-refractivity contribution >= 4 is 32.5 Å². The maximum atomic E-state index is 12.1. The van der Waals surface area contributed by atoms with Gasteiger partial charge in [-0.2, -0.15) is 0 Å². The number of amides is 1. The number of pyridine rings is 1. The fraction of sp³-hybridized carbons (Fsp3) is 0.231. The number of nitrogen functional groups attached to an aromatic ring is 1. The number of carbonyl (C=O) groups excluding carboxylic acids is 1. The van der Waals surface area contributed by atoms with E-state index in [9.17, 15) is 13.2 Å². The first kappa shape index (κ1) is 14.3. The molecule has 1 heterocycles. The van der Waals surface area contributed by atoms with Gasteiger partial charge in [0, 0.05) is 18.2 Å². The predicted molar refractivity (Wildman–Crippen MR) is 78.2 cm³/mol. The van der Waals surface area contributed by atoms with Gasteiger partial charge < -0.3 is 11.1 Å². The summed E-state index contributed by atoms with van der Waals surface area (Å²) < 4.78 is 22.1. The summed E-state index contributed by atoms with van der Waals surface area (Å²) >= 11 is 0. The molecule has 2 rings (SSSR count). The van der Waals surface area contributed by atoms with Crippen LogP contribution in [-0.2, 0) is 9.84 Å². The maximum absolute atomic E-state index is 12.1. The normalized spacial score (nSPS) is 11.4. The number of sulfone groups is 1. The van der Waals surface area contributed by atoms with Crippen LogP contribution in [0.25, 0.3) is 10.9 Å². The van der Waals surface area contributed by atoms with Crippen LogP contribution in [0.1, 0.15) is 10.4 Å². The number of para-hydroxylation sites is 1. The van der Waals surface area contributed by atoms with Crippen molar-refractivity contribution in [2.24, 2.45) is 0 Å². The number of nitrogens with zero attached hydrogens (tertiary/aromatic N) is 1. The number of anilines is 1. The van der Waals surface area contributed by atoms with Crippen LogP contribution >= 0.6 is 0 Å². The summed E-state index contributed by atoms with van der Waals surface area (Å²) in [6.45, 7) is 0.0637. The van der Waals surface area contributed by atoms with E-state index < -0.39 is 9.84 Å². The standard InChI is InChI=1S/C13H15N3O3S/c1-20(18,19)7-6-15-13(17)10-8-12(14)16-11-5-3-2-4-9(10)11/h2-5,8H,6-7H2,1H3,(H2,14,16)(H,15,17). The smallest absolute Gasteiger partial charge is 0.252 e. The number of fused-ring (bicyclic) bond motifs is 1. The number of hydrogen-bond donors (Lipinski definition) is 2. The highest BCUT2D eigenvalue weighted by atomic mass is 32.2. The van der Waals surface area contributed by atoms with E-state index in [1.165, 1.54) is 6.07 Å². The summed E-state index contributed by atoms with van der Waals surface area (Å²) in [5.74, 6) is -0.215. The van der Waals surface area contributed by atoms with Gasteiger partial charge in [-0.05, 0) is 12.1 Å². The largest absolute Gasteiger partial charge is 0.384 e. The van der Waals surface area contributed by atoms with Gasteiger partial charge in [-0.1, -0.05) is 18.2 Å². The molecule has 3 N–H and O–H groups in total. The van der Waals surface area contributed by atoms with Crippen LogP contribution in [0.2, 0.25) is 0 Å². The molecule has 0 saturated carbocycles. The topological polar surface area (TPSA) is 102 Å². The summed E-state index contributed by atoms with van der Waals surface area (Å²) in [5.41, 5.74) is 6.69. The molecule has 0 radical (unpaired) electrons. The van der Waals surface area contributed by atoms with Gasteiger partial charge in [0.15, 0.2) is 0 Å². The Balaban J connectivity index is 2.26. The summed E-state index contributed by atoms with van der Waals surface area (Å²) in [6.07, 6.45) is 1.12. The Kier molecular flexibility index (Phi) is 3.89. The Morgan fingerprint density at radius 1 is 1.35 bits per heavy atom. The zero-order valence-electron chi connectivity index (χ0n) is 11.0. The SMILES string of the molecule is CS(=O)(=O)CCNC(=O)c1cc(N)nc2ccccc12. The first-order valence-corrected chi connectivity index (χ1v) is 8.04. The van der Waals surface area contributed by atoms with Crippen molar-refractivity contribution in [2.45, 2.75) is 0 Å². The van der Waals surface area contributed by atoms with Gasteiger partial charge in [-0.15, -0.1) is 0 Å². The minimum Gasteiger partial charge on any atom is -0.384 e. The molecule has 6 nitrogen and oxygen atoms in total. The Bertz CT molecular complexity index is 757. The number of carbonyl (C=O) groups is 1. The minimum absolute atomic E-state index is 0.0637. The zero-order valence-corrected chi connectivity index (χ0v) is 11.8. The van der Waals surface area contributed by atoms with Crippen molar-refractivity contribution in [3.63, 3.8) is 0 Å². The van der Waals surface area contributed by atoms with E-state index in [1.807, 2.05) is 0 Å². The molecule has 1 aromatic carbocycles. The minimum atomic E-state index is -3.10. The summed E-state index contributed by atoms with van der Waals surface area (Å²) in [7, 11) is -3.10. The monoisotopic (exact) mass is 293 g/mol. The van der Waals surface area contributed by atoms with Gasteiger partial charge in [0.1, 0.15) is 15.7 Å². The predicted octanol–water partition coefficient (Wildman–Crippen LogP) is 0.591. The Hall–Kier alpha value is -2.15. The molecular weight excluding hydrogens is 278 g/mol.